The normalized spacial score (nSPS) is 12.9. The standard InChI is InChI=1S/C12H19NO/c1-4-13-12(8-14)11-6-5-9(2)10(3)7-11/h5-7,12-14H,4,8H2,1-3H3. The van der Waals surface area contributed by atoms with Crippen LogP contribution >= 0.6 is 0 Å². The highest BCUT2D eigenvalue weighted by Gasteiger charge is 2.08. The van der Waals surface area contributed by atoms with E-state index >= 15 is 0 Å². The van der Waals surface area contributed by atoms with E-state index in [2.05, 4.69) is 37.4 Å². The van der Waals surface area contributed by atoms with Crippen LogP contribution in [0.3, 0.4) is 0 Å². The summed E-state index contributed by atoms with van der Waals surface area (Å²) in [5.41, 5.74) is 3.73. The van der Waals surface area contributed by atoms with E-state index in [1.165, 1.54) is 11.1 Å². The van der Waals surface area contributed by atoms with Crippen molar-refractivity contribution in [3.63, 3.8) is 0 Å². The van der Waals surface area contributed by atoms with E-state index in [9.17, 15) is 5.11 Å². The van der Waals surface area contributed by atoms with Crippen molar-refractivity contribution in [2.24, 2.45) is 0 Å². The summed E-state index contributed by atoms with van der Waals surface area (Å²) < 4.78 is 0. The van der Waals surface area contributed by atoms with Gasteiger partial charge in [0.15, 0.2) is 0 Å². The minimum Gasteiger partial charge on any atom is -0.394 e. The van der Waals surface area contributed by atoms with Gasteiger partial charge in [-0.15, -0.1) is 0 Å². The minimum absolute atomic E-state index is 0.0688. The van der Waals surface area contributed by atoms with Gasteiger partial charge in [-0.2, -0.15) is 0 Å². The molecule has 1 aromatic carbocycles. The zero-order valence-corrected chi connectivity index (χ0v) is 9.17. The van der Waals surface area contributed by atoms with E-state index in [0.29, 0.717) is 0 Å². The molecule has 0 aliphatic rings. The first-order valence-electron chi connectivity index (χ1n) is 5.10. The third-order valence-electron chi connectivity index (χ3n) is 2.57. The summed E-state index contributed by atoms with van der Waals surface area (Å²) in [6.07, 6.45) is 0. The largest absolute Gasteiger partial charge is 0.394 e. The average molecular weight is 193 g/mol. The SMILES string of the molecule is CCNC(CO)c1ccc(C)c(C)c1. The van der Waals surface area contributed by atoms with Crippen molar-refractivity contribution in [1.29, 1.82) is 0 Å². The Bertz CT molecular complexity index is 296. The smallest absolute Gasteiger partial charge is 0.0626 e. The number of hydrogen-bond donors (Lipinski definition) is 2. The van der Waals surface area contributed by atoms with E-state index in [-0.39, 0.29) is 12.6 Å². The fraction of sp³-hybridized carbons (Fsp3) is 0.500. The van der Waals surface area contributed by atoms with Gasteiger partial charge in [0.25, 0.3) is 0 Å². The molecular formula is C12H19NO. The third kappa shape index (κ3) is 2.56. The van der Waals surface area contributed by atoms with Gasteiger partial charge in [-0.25, -0.2) is 0 Å². The zero-order chi connectivity index (χ0) is 10.6. The van der Waals surface area contributed by atoms with Crippen LogP contribution in [0.2, 0.25) is 0 Å². The molecule has 2 heteroatoms. The number of likely N-dealkylation sites (N-methyl/N-ethyl adjacent to an activating group) is 1. The monoisotopic (exact) mass is 193 g/mol. The summed E-state index contributed by atoms with van der Waals surface area (Å²) in [6, 6.07) is 6.38. The Morgan fingerprint density at radius 1 is 1.29 bits per heavy atom. The first kappa shape index (κ1) is 11.2. The highest BCUT2D eigenvalue weighted by Crippen LogP contribution is 2.16. The van der Waals surface area contributed by atoms with Crippen molar-refractivity contribution < 1.29 is 5.11 Å². The molecule has 14 heavy (non-hydrogen) atoms. The molecule has 0 fully saturated rings. The number of aryl methyl sites for hydroxylation is 2. The van der Waals surface area contributed by atoms with Crippen molar-refractivity contribution in [3.8, 4) is 0 Å². The van der Waals surface area contributed by atoms with Gasteiger partial charge in [-0.05, 0) is 37.1 Å². The number of hydrogen-bond acceptors (Lipinski definition) is 2. The Hall–Kier alpha value is -0.860. The molecule has 1 atom stereocenters. The van der Waals surface area contributed by atoms with Gasteiger partial charge in [0.1, 0.15) is 0 Å². The van der Waals surface area contributed by atoms with Crippen LogP contribution in [0.1, 0.15) is 29.7 Å². The molecule has 0 aromatic heterocycles. The van der Waals surface area contributed by atoms with Crippen molar-refractivity contribution in [1.82, 2.24) is 5.32 Å². The molecule has 0 aliphatic carbocycles. The van der Waals surface area contributed by atoms with Crippen molar-refractivity contribution in [2.75, 3.05) is 13.2 Å². The van der Waals surface area contributed by atoms with E-state index < -0.39 is 0 Å². The van der Waals surface area contributed by atoms with Crippen molar-refractivity contribution >= 4 is 0 Å². The third-order valence-corrected chi connectivity index (χ3v) is 2.57. The number of benzene rings is 1. The first-order valence-corrected chi connectivity index (χ1v) is 5.10. The van der Waals surface area contributed by atoms with Gasteiger partial charge in [-0.1, -0.05) is 25.1 Å². The number of aliphatic hydroxyl groups is 1. The highest BCUT2D eigenvalue weighted by molar-refractivity contribution is 5.31. The second-order valence-corrected chi connectivity index (χ2v) is 3.64. The highest BCUT2D eigenvalue weighted by atomic mass is 16.3. The van der Waals surface area contributed by atoms with E-state index in [1.807, 2.05) is 6.92 Å². The van der Waals surface area contributed by atoms with Gasteiger partial charge in [0.05, 0.1) is 12.6 Å². The maximum atomic E-state index is 9.21. The van der Waals surface area contributed by atoms with Crippen molar-refractivity contribution in [2.45, 2.75) is 26.8 Å². The van der Waals surface area contributed by atoms with Gasteiger partial charge in [0.2, 0.25) is 0 Å². The molecule has 0 spiro atoms. The van der Waals surface area contributed by atoms with Crippen molar-refractivity contribution in [3.05, 3.63) is 34.9 Å². The lowest BCUT2D eigenvalue weighted by Crippen LogP contribution is -2.24. The van der Waals surface area contributed by atoms with E-state index in [1.54, 1.807) is 0 Å². The summed E-state index contributed by atoms with van der Waals surface area (Å²) in [7, 11) is 0. The average Bonchev–Trinajstić information content (AvgIpc) is 2.19. The van der Waals surface area contributed by atoms with Crippen LogP contribution in [-0.4, -0.2) is 18.3 Å². The molecule has 1 aromatic rings. The Morgan fingerprint density at radius 3 is 2.50 bits per heavy atom. The van der Waals surface area contributed by atoms with E-state index in [4.69, 9.17) is 0 Å². The molecule has 0 heterocycles. The molecule has 0 amide bonds. The predicted octanol–water partition coefficient (Wildman–Crippen LogP) is 1.95. The molecule has 0 saturated heterocycles. The predicted molar refractivity (Wildman–Crippen MR) is 59.4 cm³/mol. The fourth-order valence-corrected chi connectivity index (χ4v) is 1.52. The Balaban J connectivity index is 2.88. The topological polar surface area (TPSA) is 32.3 Å². The van der Waals surface area contributed by atoms with Crippen LogP contribution < -0.4 is 5.32 Å². The molecule has 1 unspecified atom stereocenters. The lowest BCUT2D eigenvalue weighted by Gasteiger charge is -2.16. The molecule has 2 N–H and O–H groups in total. The number of nitrogens with one attached hydrogen (secondary N) is 1. The van der Waals surface area contributed by atoms with Gasteiger partial charge < -0.3 is 10.4 Å². The van der Waals surface area contributed by atoms with Crippen LogP contribution in [0.25, 0.3) is 0 Å². The van der Waals surface area contributed by atoms with Crippen LogP contribution in [0.5, 0.6) is 0 Å². The zero-order valence-electron chi connectivity index (χ0n) is 9.17. The Labute approximate surface area is 86.0 Å². The summed E-state index contributed by atoms with van der Waals surface area (Å²) in [4.78, 5) is 0. The maximum absolute atomic E-state index is 9.21. The molecule has 78 valence electrons. The Morgan fingerprint density at radius 2 is 2.00 bits per heavy atom. The van der Waals surface area contributed by atoms with Gasteiger partial charge in [0, 0.05) is 0 Å². The van der Waals surface area contributed by atoms with Crippen LogP contribution in [0.4, 0.5) is 0 Å². The molecular weight excluding hydrogens is 174 g/mol. The molecule has 0 saturated carbocycles. The lowest BCUT2D eigenvalue weighted by atomic mass is 10.0. The van der Waals surface area contributed by atoms with Crippen LogP contribution in [0.15, 0.2) is 18.2 Å². The Kier molecular flexibility index (Phi) is 4.11. The first-order chi connectivity index (χ1) is 6.69. The molecule has 1 rings (SSSR count). The van der Waals surface area contributed by atoms with Gasteiger partial charge >= 0.3 is 0 Å². The molecule has 2 nitrogen and oxygen atoms in total. The number of rotatable bonds is 4. The molecule has 0 bridgehead atoms. The summed E-state index contributed by atoms with van der Waals surface area (Å²) in [5, 5.41) is 12.5. The van der Waals surface area contributed by atoms with E-state index in [0.717, 1.165) is 12.1 Å². The quantitative estimate of drug-likeness (QED) is 0.766. The summed E-state index contributed by atoms with van der Waals surface area (Å²) >= 11 is 0. The van der Waals surface area contributed by atoms with Gasteiger partial charge in [-0.3, -0.25) is 0 Å². The minimum atomic E-state index is 0.0688. The fourth-order valence-electron chi connectivity index (χ4n) is 1.52. The molecule has 0 radical (unpaired) electrons. The van der Waals surface area contributed by atoms with Crippen LogP contribution in [0, 0.1) is 13.8 Å². The molecule has 0 aliphatic heterocycles. The second kappa shape index (κ2) is 5.13. The summed E-state index contributed by atoms with van der Waals surface area (Å²) in [5.74, 6) is 0. The number of aliphatic hydroxyl groups excluding tert-OH is 1. The second-order valence-electron chi connectivity index (χ2n) is 3.64. The summed E-state index contributed by atoms with van der Waals surface area (Å²) in [6.45, 7) is 7.26. The van der Waals surface area contributed by atoms with Crippen LogP contribution in [-0.2, 0) is 0 Å². The lowest BCUT2D eigenvalue weighted by molar-refractivity contribution is 0.246. The maximum Gasteiger partial charge on any atom is 0.0626 e.